The predicted molar refractivity (Wildman–Crippen MR) is 59.3 cm³/mol. The van der Waals surface area contributed by atoms with Gasteiger partial charge in [-0.15, -0.1) is 0 Å². The first-order chi connectivity index (χ1) is 7.21. The molecule has 1 heterocycles. The SMILES string of the molecule is Cc1cccc([C@](C)(O)COS(C)(=O)=O)n1. The Morgan fingerprint density at radius 3 is 2.62 bits per heavy atom. The van der Waals surface area contributed by atoms with Gasteiger partial charge in [-0.2, -0.15) is 8.42 Å². The molecule has 1 N–H and O–H groups in total. The Balaban J connectivity index is 2.85. The van der Waals surface area contributed by atoms with Crippen LogP contribution in [-0.2, 0) is 19.9 Å². The first kappa shape index (κ1) is 13.1. The Labute approximate surface area is 95.2 Å². The molecule has 1 aromatic rings. The third-order valence-corrected chi connectivity index (χ3v) is 2.54. The lowest BCUT2D eigenvalue weighted by molar-refractivity contribution is 0.00622. The van der Waals surface area contributed by atoms with Gasteiger partial charge in [0, 0.05) is 5.69 Å². The lowest BCUT2D eigenvalue weighted by Crippen LogP contribution is -2.30. The number of nitrogens with zero attached hydrogens (tertiary/aromatic N) is 1. The van der Waals surface area contributed by atoms with Gasteiger partial charge in [-0.3, -0.25) is 9.17 Å². The lowest BCUT2D eigenvalue weighted by atomic mass is 10.0. The summed E-state index contributed by atoms with van der Waals surface area (Å²) in [6.45, 7) is 2.90. The van der Waals surface area contributed by atoms with E-state index in [1.807, 2.05) is 0 Å². The second-order valence-electron chi connectivity index (χ2n) is 3.90. The van der Waals surface area contributed by atoms with Crippen LogP contribution < -0.4 is 0 Å². The number of aromatic nitrogens is 1. The van der Waals surface area contributed by atoms with Crippen molar-refractivity contribution in [1.82, 2.24) is 4.98 Å². The molecule has 0 spiro atoms. The average molecular weight is 245 g/mol. The molecule has 0 saturated heterocycles. The number of pyridine rings is 1. The van der Waals surface area contributed by atoms with Gasteiger partial charge in [0.1, 0.15) is 12.2 Å². The van der Waals surface area contributed by atoms with E-state index in [2.05, 4.69) is 9.17 Å². The smallest absolute Gasteiger partial charge is 0.264 e. The monoisotopic (exact) mass is 245 g/mol. The zero-order chi connectivity index (χ0) is 12.4. The average Bonchev–Trinajstić information content (AvgIpc) is 2.14. The van der Waals surface area contributed by atoms with Crippen molar-refractivity contribution in [3.63, 3.8) is 0 Å². The fourth-order valence-electron chi connectivity index (χ4n) is 1.14. The fraction of sp³-hybridized carbons (Fsp3) is 0.500. The zero-order valence-electron chi connectivity index (χ0n) is 9.47. The van der Waals surface area contributed by atoms with Crippen molar-refractivity contribution in [1.29, 1.82) is 0 Å². The van der Waals surface area contributed by atoms with Gasteiger partial charge in [-0.25, -0.2) is 0 Å². The van der Waals surface area contributed by atoms with Gasteiger partial charge in [0.05, 0.1) is 11.9 Å². The van der Waals surface area contributed by atoms with Crippen molar-refractivity contribution in [2.24, 2.45) is 0 Å². The fourth-order valence-corrected chi connectivity index (χ4v) is 1.58. The second kappa shape index (κ2) is 4.48. The van der Waals surface area contributed by atoms with Crippen LogP contribution in [0.2, 0.25) is 0 Å². The van der Waals surface area contributed by atoms with E-state index in [4.69, 9.17) is 0 Å². The number of aliphatic hydroxyl groups is 1. The topological polar surface area (TPSA) is 76.5 Å². The normalized spacial score (nSPS) is 15.8. The molecular weight excluding hydrogens is 230 g/mol. The summed E-state index contributed by atoms with van der Waals surface area (Å²) < 4.78 is 26.2. The van der Waals surface area contributed by atoms with E-state index in [9.17, 15) is 13.5 Å². The van der Waals surface area contributed by atoms with Crippen molar-refractivity contribution in [3.8, 4) is 0 Å². The minimum atomic E-state index is -3.56. The summed E-state index contributed by atoms with van der Waals surface area (Å²) >= 11 is 0. The molecule has 5 nitrogen and oxygen atoms in total. The van der Waals surface area contributed by atoms with E-state index in [-0.39, 0.29) is 6.61 Å². The van der Waals surface area contributed by atoms with Gasteiger partial charge in [-0.05, 0) is 26.0 Å². The summed E-state index contributed by atoms with van der Waals surface area (Å²) in [7, 11) is -3.56. The molecule has 1 rings (SSSR count). The largest absolute Gasteiger partial charge is 0.381 e. The molecule has 90 valence electrons. The molecule has 0 fully saturated rings. The Hall–Kier alpha value is -0.980. The summed E-state index contributed by atoms with van der Waals surface area (Å²) in [5, 5.41) is 10.0. The van der Waals surface area contributed by atoms with Crippen LogP contribution in [0.1, 0.15) is 18.3 Å². The molecule has 0 radical (unpaired) electrons. The highest BCUT2D eigenvalue weighted by Gasteiger charge is 2.27. The van der Waals surface area contributed by atoms with Crippen LogP contribution in [0.5, 0.6) is 0 Å². The molecule has 0 unspecified atom stereocenters. The van der Waals surface area contributed by atoms with Gasteiger partial charge in [0.2, 0.25) is 0 Å². The number of aryl methyl sites for hydroxylation is 1. The van der Waals surface area contributed by atoms with Crippen LogP contribution >= 0.6 is 0 Å². The summed E-state index contributed by atoms with van der Waals surface area (Å²) in [5.41, 5.74) is -0.289. The van der Waals surface area contributed by atoms with E-state index >= 15 is 0 Å². The molecule has 0 aliphatic carbocycles. The van der Waals surface area contributed by atoms with Crippen molar-refractivity contribution in [2.45, 2.75) is 19.4 Å². The zero-order valence-corrected chi connectivity index (χ0v) is 10.3. The van der Waals surface area contributed by atoms with Gasteiger partial charge in [0.25, 0.3) is 10.1 Å². The molecule has 0 saturated carbocycles. The van der Waals surface area contributed by atoms with Crippen molar-refractivity contribution in [3.05, 3.63) is 29.6 Å². The van der Waals surface area contributed by atoms with E-state index in [1.54, 1.807) is 25.1 Å². The summed E-state index contributed by atoms with van der Waals surface area (Å²) in [6.07, 6.45) is 0.937. The maximum absolute atomic E-state index is 10.8. The van der Waals surface area contributed by atoms with E-state index in [1.165, 1.54) is 6.92 Å². The third kappa shape index (κ3) is 3.88. The standard InChI is InChI=1S/C10H15NO4S/c1-8-5-4-6-9(11-8)10(2,12)7-15-16(3,13)14/h4-6,12H,7H2,1-3H3/t10-/m1/s1. The molecule has 0 amide bonds. The molecule has 16 heavy (non-hydrogen) atoms. The van der Waals surface area contributed by atoms with E-state index in [0.717, 1.165) is 11.9 Å². The Morgan fingerprint density at radius 2 is 2.12 bits per heavy atom. The quantitative estimate of drug-likeness (QED) is 0.785. The minimum Gasteiger partial charge on any atom is -0.381 e. The highest BCUT2D eigenvalue weighted by molar-refractivity contribution is 7.85. The van der Waals surface area contributed by atoms with Gasteiger partial charge < -0.3 is 5.11 Å². The molecule has 1 aromatic heterocycles. The molecule has 0 bridgehead atoms. The van der Waals surface area contributed by atoms with Crippen LogP contribution in [0.15, 0.2) is 18.2 Å². The molecule has 0 aliphatic rings. The molecular formula is C10H15NO4S. The predicted octanol–water partition coefficient (Wildman–Crippen LogP) is 0.574. The van der Waals surface area contributed by atoms with E-state index in [0.29, 0.717) is 5.69 Å². The van der Waals surface area contributed by atoms with Crippen LogP contribution in [0, 0.1) is 6.92 Å². The molecule has 0 aliphatic heterocycles. The number of rotatable bonds is 4. The third-order valence-electron chi connectivity index (χ3n) is 1.99. The first-order valence-electron chi connectivity index (χ1n) is 4.72. The first-order valence-corrected chi connectivity index (χ1v) is 6.53. The number of hydrogen-bond acceptors (Lipinski definition) is 5. The van der Waals surface area contributed by atoms with Gasteiger partial charge in [-0.1, -0.05) is 6.07 Å². The van der Waals surface area contributed by atoms with Crippen LogP contribution in [0.3, 0.4) is 0 Å². The highest BCUT2D eigenvalue weighted by Crippen LogP contribution is 2.19. The van der Waals surface area contributed by atoms with Gasteiger partial charge >= 0.3 is 0 Å². The summed E-state index contributed by atoms with van der Waals surface area (Å²) in [4.78, 5) is 4.12. The van der Waals surface area contributed by atoms with E-state index < -0.39 is 15.7 Å². The number of hydrogen-bond donors (Lipinski definition) is 1. The Bertz CT molecular complexity index is 467. The maximum Gasteiger partial charge on any atom is 0.264 e. The van der Waals surface area contributed by atoms with Crippen LogP contribution in [0.25, 0.3) is 0 Å². The maximum atomic E-state index is 10.8. The van der Waals surface area contributed by atoms with Crippen molar-refractivity contribution < 1.29 is 17.7 Å². The highest BCUT2D eigenvalue weighted by atomic mass is 32.2. The van der Waals surface area contributed by atoms with Crippen LogP contribution in [0.4, 0.5) is 0 Å². The Morgan fingerprint density at radius 1 is 1.50 bits per heavy atom. The van der Waals surface area contributed by atoms with Crippen molar-refractivity contribution >= 4 is 10.1 Å². The molecule has 1 atom stereocenters. The summed E-state index contributed by atoms with van der Waals surface area (Å²) in [6, 6.07) is 5.15. The Kier molecular flexibility index (Phi) is 3.67. The van der Waals surface area contributed by atoms with Crippen LogP contribution in [-0.4, -0.2) is 31.4 Å². The molecule has 6 heteroatoms. The van der Waals surface area contributed by atoms with Gasteiger partial charge in [0.15, 0.2) is 0 Å². The minimum absolute atomic E-state index is 0.345. The molecule has 0 aromatic carbocycles. The van der Waals surface area contributed by atoms with Crippen molar-refractivity contribution in [2.75, 3.05) is 12.9 Å². The second-order valence-corrected chi connectivity index (χ2v) is 5.55. The summed E-state index contributed by atoms with van der Waals surface area (Å²) in [5.74, 6) is 0. The lowest BCUT2D eigenvalue weighted by Gasteiger charge is -2.21.